The average molecular weight is 350 g/mol. The van der Waals surface area contributed by atoms with Crippen molar-refractivity contribution in [1.82, 2.24) is 0 Å². The smallest absolute Gasteiger partial charge is 0.274 e. The van der Waals surface area contributed by atoms with Gasteiger partial charge < -0.3 is 9.16 Å². The number of hydrogen-bond acceptors (Lipinski definition) is 2. The van der Waals surface area contributed by atoms with E-state index in [2.05, 4.69) is 38.7 Å². The third kappa shape index (κ3) is 5.68. The SMILES string of the molecule is CCC(C[Si](Cl)Cl)c1ccc(O[Si](C)(C)C)c(OC)c1. The Kier molecular flexibility index (Phi) is 6.91. The minimum Gasteiger partial charge on any atom is -0.542 e. The van der Waals surface area contributed by atoms with Crippen LogP contribution in [0.15, 0.2) is 18.2 Å². The van der Waals surface area contributed by atoms with Crippen LogP contribution in [-0.2, 0) is 0 Å². The maximum Gasteiger partial charge on any atom is 0.274 e. The molecule has 1 rings (SSSR count). The Morgan fingerprint density at radius 2 is 1.85 bits per heavy atom. The summed E-state index contributed by atoms with van der Waals surface area (Å²) in [5, 5.41) is 0. The van der Waals surface area contributed by atoms with Crippen LogP contribution in [-0.4, -0.2) is 22.8 Å². The Hall–Kier alpha value is -0.166. The fourth-order valence-electron chi connectivity index (χ4n) is 2.04. The van der Waals surface area contributed by atoms with E-state index in [0.717, 1.165) is 24.0 Å². The van der Waals surface area contributed by atoms with E-state index >= 15 is 0 Å². The van der Waals surface area contributed by atoms with Crippen LogP contribution in [0.2, 0.25) is 25.7 Å². The van der Waals surface area contributed by atoms with Gasteiger partial charge in [-0.15, -0.1) is 22.2 Å². The molecule has 0 saturated carbocycles. The molecule has 20 heavy (non-hydrogen) atoms. The molecule has 0 aromatic heterocycles. The first-order valence-corrected chi connectivity index (χ1v) is 13.9. The van der Waals surface area contributed by atoms with Crippen LogP contribution in [0.1, 0.15) is 24.8 Å². The van der Waals surface area contributed by atoms with Gasteiger partial charge in [-0.25, -0.2) is 0 Å². The third-order valence-corrected chi connectivity index (χ3v) is 5.53. The molecule has 2 nitrogen and oxygen atoms in total. The highest BCUT2D eigenvalue weighted by molar-refractivity contribution is 7.33. The van der Waals surface area contributed by atoms with Crippen molar-refractivity contribution in [3.63, 3.8) is 0 Å². The summed E-state index contributed by atoms with van der Waals surface area (Å²) < 4.78 is 11.5. The minimum atomic E-state index is -1.64. The molecule has 1 unspecified atom stereocenters. The highest BCUT2D eigenvalue weighted by atomic mass is 35.7. The van der Waals surface area contributed by atoms with Crippen LogP contribution >= 0.6 is 22.2 Å². The van der Waals surface area contributed by atoms with E-state index in [1.165, 1.54) is 5.56 Å². The van der Waals surface area contributed by atoms with E-state index in [4.69, 9.17) is 31.3 Å². The lowest BCUT2D eigenvalue weighted by atomic mass is 9.98. The lowest BCUT2D eigenvalue weighted by Gasteiger charge is -2.23. The van der Waals surface area contributed by atoms with Crippen molar-refractivity contribution in [3.8, 4) is 11.5 Å². The normalized spacial score (nSPS) is 13.4. The van der Waals surface area contributed by atoms with Gasteiger partial charge in [0.15, 0.2) is 5.75 Å². The molecule has 0 fully saturated rings. The zero-order valence-electron chi connectivity index (χ0n) is 12.8. The van der Waals surface area contributed by atoms with Crippen LogP contribution in [0.3, 0.4) is 0 Å². The first-order chi connectivity index (χ1) is 9.26. The van der Waals surface area contributed by atoms with Crippen LogP contribution in [0, 0.1) is 0 Å². The largest absolute Gasteiger partial charge is 0.542 e. The number of rotatable bonds is 7. The summed E-state index contributed by atoms with van der Waals surface area (Å²) in [6.45, 7) is 8.63. The van der Waals surface area contributed by atoms with Gasteiger partial charge in [0, 0.05) is 0 Å². The van der Waals surface area contributed by atoms with Crippen molar-refractivity contribution in [1.29, 1.82) is 0 Å². The molecule has 0 aliphatic rings. The van der Waals surface area contributed by atoms with Gasteiger partial charge in [-0.05, 0) is 55.7 Å². The van der Waals surface area contributed by atoms with E-state index in [9.17, 15) is 0 Å². The van der Waals surface area contributed by atoms with Gasteiger partial charge in [-0.2, -0.15) is 0 Å². The van der Waals surface area contributed by atoms with E-state index in [0.29, 0.717) is 5.92 Å². The summed E-state index contributed by atoms with van der Waals surface area (Å²) >= 11 is 12.0. The second-order valence-corrected chi connectivity index (χ2v) is 14.6. The molecule has 0 bridgehead atoms. The molecule has 0 heterocycles. The number of ether oxygens (including phenoxy) is 1. The summed E-state index contributed by atoms with van der Waals surface area (Å²) in [7, 11) is -1.24. The zero-order valence-corrected chi connectivity index (χ0v) is 16.3. The Balaban J connectivity index is 3.01. The van der Waals surface area contributed by atoms with Crippen LogP contribution in [0.25, 0.3) is 0 Å². The monoisotopic (exact) mass is 349 g/mol. The molecule has 0 N–H and O–H groups in total. The fraction of sp³-hybridized carbons (Fsp3) is 0.571. The molecule has 0 saturated heterocycles. The van der Waals surface area contributed by atoms with Crippen molar-refractivity contribution >= 4 is 37.9 Å². The third-order valence-electron chi connectivity index (χ3n) is 2.97. The molecular weight excluding hydrogens is 327 g/mol. The summed E-state index contributed by atoms with van der Waals surface area (Å²) in [5.74, 6) is 2.00. The summed E-state index contributed by atoms with van der Waals surface area (Å²) in [4.78, 5) is 0. The van der Waals surface area contributed by atoms with Crippen molar-refractivity contribution in [2.45, 2.75) is 44.9 Å². The topological polar surface area (TPSA) is 18.5 Å². The van der Waals surface area contributed by atoms with E-state index in [1.54, 1.807) is 7.11 Å². The lowest BCUT2D eigenvalue weighted by molar-refractivity contribution is 0.391. The van der Waals surface area contributed by atoms with Crippen LogP contribution < -0.4 is 9.16 Å². The van der Waals surface area contributed by atoms with Crippen molar-refractivity contribution in [2.24, 2.45) is 0 Å². The Morgan fingerprint density at radius 3 is 2.30 bits per heavy atom. The minimum absolute atomic E-state index is 0.383. The second-order valence-electron chi connectivity index (χ2n) is 5.77. The molecular formula is C14H23Cl2O2Si2. The Labute approximate surface area is 134 Å². The highest BCUT2D eigenvalue weighted by Gasteiger charge is 2.21. The lowest BCUT2D eigenvalue weighted by Crippen LogP contribution is -2.29. The average Bonchev–Trinajstić information content (AvgIpc) is 2.34. The van der Waals surface area contributed by atoms with Gasteiger partial charge in [-0.3, -0.25) is 0 Å². The molecule has 0 aliphatic heterocycles. The van der Waals surface area contributed by atoms with Gasteiger partial charge in [0.2, 0.25) is 8.32 Å². The second kappa shape index (κ2) is 7.73. The number of halogens is 2. The summed E-state index contributed by atoms with van der Waals surface area (Å²) in [6.07, 6.45) is 1.02. The molecule has 1 radical (unpaired) electrons. The molecule has 0 spiro atoms. The van der Waals surface area contributed by atoms with Crippen molar-refractivity contribution in [2.75, 3.05) is 7.11 Å². The maximum atomic E-state index is 6.04. The van der Waals surface area contributed by atoms with E-state index in [1.807, 2.05) is 6.07 Å². The van der Waals surface area contributed by atoms with E-state index < -0.39 is 15.7 Å². The van der Waals surface area contributed by atoms with Gasteiger partial charge in [0.05, 0.1) is 7.11 Å². The van der Waals surface area contributed by atoms with E-state index in [-0.39, 0.29) is 0 Å². The Morgan fingerprint density at radius 1 is 1.20 bits per heavy atom. The predicted molar refractivity (Wildman–Crippen MR) is 92.3 cm³/mol. The molecule has 0 aliphatic carbocycles. The van der Waals surface area contributed by atoms with Gasteiger partial charge in [0.1, 0.15) is 5.75 Å². The number of hydrogen-bond donors (Lipinski definition) is 0. The molecule has 1 aromatic carbocycles. The van der Waals surface area contributed by atoms with Gasteiger partial charge in [0.25, 0.3) is 7.42 Å². The first kappa shape index (κ1) is 17.9. The Bertz CT molecular complexity index is 434. The highest BCUT2D eigenvalue weighted by Crippen LogP contribution is 2.35. The van der Waals surface area contributed by atoms with Crippen molar-refractivity contribution < 1.29 is 9.16 Å². The summed E-state index contributed by atoms with van der Waals surface area (Å²) in [5.41, 5.74) is 1.22. The van der Waals surface area contributed by atoms with Gasteiger partial charge >= 0.3 is 0 Å². The molecule has 1 aromatic rings. The molecule has 1 atom stereocenters. The molecule has 113 valence electrons. The number of benzene rings is 1. The quantitative estimate of drug-likeness (QED) is 0.486. The maximum absolute atomic E-state index is 6.04. The standard InChI is InChI=1S/C14H23Cl2O2Si2/c1-6-11(10-19(15)16)12-7-8-13(14(9-12)17-2)18-20(3,4)5/h7-9,11H,6,10H2,1-5H3. The first-order valence-electron chi connectivity index (χ1n) is 6.80. The van der Waals surface area contributed by atoms with Gasteiger partial charge in [-0.1, -0.05) is 13.0 Å². The number of methoxy groups -OCH3 is 1. The van der Waals surface area contributed by atoms with Crippen LogP contribution in [0.4, 0.5) is 0 Å². The molecule has 6 heteroatoms. The van der Waals surface area contributed by atoms with Crippen LogP contribution in [0.5, 0.6) is 11.5 Å². The fourth-order valence-corrected chi connectivity index (χ4v) is 4.88. The van der Waals surface area contributed by atoms with Crippen molar-refractivity contribution in [3.05, 3.63) is 23.8 Å². The molecule has 0 amide bonds. The predicted octanol–water partition coefficient (Wildman–Crippen LogP) is 5.37. The zero-order chi connectivity index (χ0) is 15.3. The summed E-state index contributed by atoms with van der Waals surface area (Å²) in [6, 6.07) is 7.01.